The summed E-state index contributed by atoms with van der Waals surface area (Å²) in [5, 5.41) is 2.54. The zero-order chi connectivity index (χ0) is 18.8. The molecule has 6 nitrogen and oxygen atoms in total. The van der Waals surface area contributed by atoms with Gasteiger partial charge in [-0.25, -0.2) is 9.78 Å². The van der Waals surface area contributed by atoms with E-state index in [0.29, 0.717) is 16.0 Å². The number of hydrogen-bond donors (Lipinski definition) is 0. The SMILES string of the molecule is CCOC(=O)c1ccc(Cn2cnc3scc(-c4ccccc4)c3c2=O)o1. The Morgan fingerprint density at radius 3 is 2.81 bits per heavy atom. The zero-order valence-electron chi connectivity index (χ0n) is 14.5. The van der Waals surface area contributed by atoms with Gasteiger partial charge >= 0.3 is 5.97 Å². The number of esters is 1. The quantitative estimate of drug-likeness (QED) is 0.490. The van der Waals surface area contributed by atoms with Crippen LogP contribution >= 0.6 is 11.3 Å². The molecule has 0 aliphatic heterocycles. The van der Waals surface area contributed by atoms with E-state index < -0.39 is 5.97 Å². The van der Waals surface area contributed by atoms with Crippen molar-refractivity contribution in [1.29, 1.82) is 0 Å². The van der Waals surface area contributed by atoms with Gasteiger partial charge in [-0.05, 0) is 24.6 Å². The van der Waals surface area contributed by atoms with Gasteiger partial charge in [0.2, 0.25) is 5.76 Å². The molecule has 3 heterocycles. The van der Waals surface area contributed by atoms with Crippen LogP contribution in [0.2, 0.25) is 0 Å². The molecule has 0 radical (unpaired) electrons. The maximum absolute atomic E-state index is 13.0. The summed E-state index contributed by atoms with van der Waals surface area (Å²) in [5.41, 5.74) is 1.70. The van der Waals surface area contributed by atoms with E-state index in [-0.39, 0.29) is 24.5 Å². The van der Waals surface area contributed by atoms with Gasteiger partial charge in [-0.1, -0.05) is 30.3 Å². The van der Waals surface area contributed by atoms with E-state index in [2.05, 4.69) is 4.98 Å². The largest absolute Gasteiger partial charge is 0.460 e. The first-order valence-electron chi connectivity index (χ1n) is 8.45. The van der Waals surface area contributed by atoms with Crippen LogP contribution in [0.3, 0.4) is 0 Å². The van der Waals surface area contributed by atoms with Crippen LogP contribution in [-0.4, -0.2) is 22.1 Å². The molecule has 0 amide bonds. The van der Waals surface area contributed by atoms with Crippen LogP contribution in [0, 0.1) is 0 Å². The van der Waals surface area contributed by atoms with Gasteiger partial charge in [-0.3, -0.25) is 9.36 Å². The van der Waals surface area contributed by atoms with E-state index in [0.717, 1.165) is 11.1 Å². The third-order valence-electron chi connectivity index (χ3n) is 4.11. The van der Waals surface area contributed by atoms with E-state index in [1.165, 1.54) is 22.2 Å². The standard InChI is InChI=1S/C20H16N2O4S/c1-2-25-20(24)16-9-8-14(26-16)10-22-12-21-18-17(19(22)23)15(11-27-18)13-6-4-3-5-7-13/h3-9,11-12H,2,10H2,1H3. The molecule has 4 rings (SSSR count). The molecule has 0 unspecified atom stereocenters. The first-order chi connectivity index (χ1) is 13.2. The molecule has 136 valence electrons. The normalized spacial score (nSPS) is 11.0. The summed E-state index contributed by atoms with van der Waals surface area (Å²) in [7, 11) is 0. The lowest BCUT2D eigenvalue weighted by Gasteiger charge is -2.04. The molecule has 0 saturated heterocycles. The maximum atomic E-state index is 13.0. The molecule has 0 aliphatic rings. The summed E-state index contributed by atoms with van der Waals surface area (Å²) >= 11 is 1.44. The number of thiophene rings is 1. The Morgan fingerprint density at radius 1 is 1.22 bits per heavy atom. The second-order valence-electron chi connectivity index (χ2n) is 5.86. The van der Waals surface area contributed by atoms with Crippen molar-refractivity contribution in [3.63, 3.8) is 0 Å². The molecule has 0 fully saturated rings. The van der Waals surface area contributed by atoms with Gasteiger partial charge in [-0.2, -0.15) is 0 Å². The highest BCUT2D eigenvalue weighted by molar-refractivity contribution is 7.17. The van der Waals surface area contributed by atoms with Crippen LogP contribution in [0.5, 0.6) is 0 Å². The Bertz CT molecular complexity index is 1160. The van der Waals surface area contributed by atoms with Crippen molar-refractivity contribution in [2.24, 2.45) is 0 Å². The third-order valence-corrected chi connectivity index (χ3v) is 5.00. The highest BCUT2D eigenvalue weighted by atomic mass is 32.1. The highest BCUT2D eigenvalue weighted by Gasteiger charge is 2.16. The molecule has 4 aromatic rings. The van der Waals surface area contributed by atoms with Crippen LogP contribution in [0.15, 0.2) is 63.4 Å². The molecule has 0 spiro atoms. The van der Waals surface area contributed by atoms with Gasteiger partial charge in [0, 0.05) is 10.9 Å². The Labute approximate surface area is 158 Å². The number of nitrogens with zero attached hydrogens (tertiary/aromatic N) is 2. The van der Waals surface area contributed by atoms with Crippen molar-refractivity contribution >= 4 is 27.5 Å². The van der Waals surface area contributed by atoms with Gasteiger partial charge in [0.15, 0.2) is 0 Å². The molecule has 1 aromatic carbocycles. The number of ether oxygens (including phenoxy) is 1. The van der Waals surface area contributed by atoms with Crippen molar-refractivity contribution in [1.82, 2.24) is 9.55 Å². The maximum Gasteiger partial charge on any atom is 0.374 e. The molecule has 0 saturated carbocycles. The molecular formula is C20H16N2O4S. The number of rotatable bonds is 5. The van der Waals surface area contributed by atoms with Gasteiger partial charge in [0.05, 0.1) is 24.9 Å². The van der Waals surface area contributed by atoms with Crippen LogP contribution in [0.4, 0.5) is 0 Å². The van der Waals surface area contributed by atoms with E-state index in [1.54, 1.807) is 19.1 Å². The zero-order valence-corrected chi connectivity index (χ0v) is 15.4. The summed E-state index contributed by atoms with van der Waals surface area (Å²) < 4.78 is 11.9. The molecular weight excluding hydrogens is 364 g/mol. The molecule has 7 heteroatoms. The van der Waals surface area contributed by atoms with Gasteiger partial charge in [0.1, 0.15) is 10.6 Å². The minimum atomic E-state index is -0.520. The molecule has 0 N–H and O–H groups in total. The Balaban J connectivity index is 1.70. The number of carbonyl (C=O) groups excluding carboxylic acids is 1. The second kappa shape index (κ2) is 7.20. The van der Waals surface area contributed by atoms with Crippen molar-refractivity contribution in [2.75, 3.05) is 6.61 Å². The first-order valence-corrected chi connectivity index (χ1v) is 9.33. The van der Waals surface area contributed by atoms with Crippen LogP contribution < -0.4 is 5.56 Å². The average molecular weight is 380 g/mol. The lowest BCUT2D eigenvalue weighted by Crippen LogP contribution is -2.20. The van der Waals surface area contributed by atoms with Crippen LogP contribution in [0.25, 0.3) is 21.3 Å². The Kier molecular flexibility index (Phi) is 4.60. The number of furan rings is 1. The fourth-order valence-electron chi connectivity index (χ4n) is 2.85. The number of hydrogen-bond acceptors (Lipinski definition) is 6. The molecule has 0 atom stereocenters. The van der Waals surface area contributed by atoms with Crippen LogP contribution in [-0.2, 0) is 11.3 Å². The van der Waals surface area contributed by atoms with E-state index in [1.807, 2.05) is 35.7 Å². The van der Waals surface area contributed by atoms with Gasteiger partial charge in [-0.15, -0.1) is 11.3 Å². The minimum Gasteiger partial charge on any atom is -0.460 e. The molecule has 27 heavy (non-hydrogen) atoms. The fraction of sp³-hybridized carbons (Fsp3) is 0.150. The van der Waals surface area contributed by atoms with E-state index in [9.17, 15) is 9.59 Å². The van der Waals surface area contributed by atoms with Crippen molar-refractivity contribution in [2.45, 2.75) is 13.5 Å². The fourth-order valence-corrected chi connectivity index (χ4v) is 3.76. The predicted molar refractivity (Wildman–Crippen MR) is 103 cm³/mol. The molecule has 3 aromatic heterocycles. The van der Waals surface area contributed by atoms with Crippen molar-refractivity contribution < 1.29 is 13.9 Å². The van der Waals surface area contributed by atoms with Gasteiger partial charge < -0.3 is 9.15 Å². The minimum absolute atomic E-state index is 0.120. The highest BCUT2D eigenvalue weighted by Crippen LogP contribution is 2.30. The van der Waals surface area contributed by atoms with Gasteiger partial charge in [0.25, 0.3) is 5.56 Å². The summed E-state index contributed by atoms with van der Waals surface area (Å²) in [5.74, 6) is 0.0844. The lowest BCUT2D eigenvalue weighted by molar-refractivity contribution is 0.0488. The molecule has 0 aliphatic carbocycles. The van der Waals surface area contributed by atoms with Crippen molar-refractivity contribution in [3.05, 3.63) is 76.0 Å². The monoisotopic (exact) mass is 380 g/mol. The van der Waals surface area contributed by atoms with E-state index in [4.69, 9.17) is 9.15 Å². The predicted octanol–water partition coefficient (Wildman–Crippen LogP) is 3.94. The second-order valence-corrected chi connectivity index (χ2v) is 6.72. The van der Waals surface area contributed by atoms with Crippen LogP contribution in [0.1, 0.15) is 23.2 Å². The average Bonchev–Trinajstić information content (AvgIpc) is 3.32. The first kappa shape index (κ1) is 17.2. The summed E-state index contributed by atoms with van der Waals surface area (Å²) in [6.07, 6.45) is 1.50. The summed E-state index contributed by atoms with van der Waals surface area (Å²) in [4.78, 5) is 29.9. The number of aromatic nitrogens is 2. The third kappa shape index (κ3) is 3.29. The Hall–Kier alpha value is -3.19. The van der Waals surface area contributed by atoms with Crippen molar-refractivity contribution in [3.8, 4) is 11.1 Å². The lowest BCUT2D eigenvalue weighted by atomic mass is 10.1. The molecule has 0 bridgehead atoms. The number of carbonyl (C=O) groups is 1. The number of fused-ring (bicyclic) bond motifs is 1. The number of benzene rings is 1. The Morgan fingerprint density at radius 2 is 2.04 bits per heavy atom. The smallest absolute Gasteiger partial charge is 0.374 e. The summed E-state index contributed by atoms with van der Waals surface area (Å²) in [6, 6.07) is 13.0. The van der Waals surface area contributed by atoms with E-state index >= 15 is 0 Å². The summed E-state index contributed by atoms with van der Waals surface area (Å²) in [6.45, 7) is 2.19. The topological polar surface area (TPSA) is 74.3 Å².